The number of carbonyl (C=O) groups excluding carboxylic acids is 1. The number of hydrogen-bond acceptors (Lipinski definition) is 3. The van der Waals surface area contributed by atoms with Gasteiger partial charge < -0.3 is 14.4 Å². The first-order chi connectivity index (χ1) is 11.6. The van der Waals surface area contributed by atoms with E-state index in [9.17, 15) is 14.3 Å². The third-order valence-electron chi connectivity index (χ3n) is 4.06. The van der Waals surface area contributed by atoms with Gasteiger partial charge in [-0.1, -0.05) is 30.3 Å². The summed E-state index contributed by atoms with van der Waals surface area (Å²) in [5, 5.41) is 9.89. The molecule has 1 N–H and O–H groups in total. The molecule has 0 aliphatic carbocycles. The molecular formula is C19H18FNO3. The van der Waals surface area contributed by atoms with Crippen LogP contribution in [0.1, 0.15) is 28.6 Å². The number of furan rings is 1. The van der Waals surface area contributed by atoms with Gasteiger partial charge >= 0.3 is 0 Å². The summed E-state index contributed by atoms with van der Waals surface area (Å²) in [5.74, 6) is -0.538. The van der Waals surface area contributed by atoms with Gasteiger partial charge in [-0.25, -0.2) is 4.39 Å². The number of rotatable bonds is 5. The first-order valence-corrected chi connectivity index (χ1v) is 7.72. The van der Waals surface area contributed by atoms with E-state index in [1.807, 2.05) is 30.3 Å². The van der Waals surface area contributed by atoms with Gasteiger partial charge in [0, 0.05) is 19.0 Å². The van der Waals surface area contributed by atoms with E-state index in [0.717, 1.165) is 5.56 Å². The number of amides is 1. The van der Waals surface area contributed by atoms with Crippen molar-refractivity contribution >= 4 is 16.9 Å². The Kier molecular flexibility index (Phi) is 4.62. The molecule has 0 saturated heterocycles. The fourth-order valence-electron chi connectivity index (χ4n) is 2.82. The summed E-state index contributed by atoms with van der Waals surface area (Å²) in [7, 11) is 1.67. The SMILES string of the molecule is CN(C(=O)c1cc2cc(F)ccc2o1)C(CCO)c1ccccc1. The Bertz CT molecular complexity index is 844. The molecule has 5 heteroatoms. The van der Waals surface area contributed by atoms with Crippen LogP contribution in [0.5, 0.6) is 0 Å². The van der Waals surface area contributed by atoms with Crippen LogP contribution in [0.25, 0.3) is 11.0 Å². The van der Waals surface area contributed by atoms with Crippen molar-refractivity contribution in [3.63, 3.8) is 0 Å². The molecule has 0 saturated carbocycles. The van der Waals surface area contributed by atoms with Crippen LogP contribution >= 0.6 is 0 Å². The zero-order valence-electron chi connectivity index (χ0n) is 13.3. The van der Waals surface area contributed by atoms with Gasteiger partial charge in [-0.15, -0.1) is 0 Å². The first kappa shape index (κ1) is 16.2. The van der Waals surface area contributed by atoms with Crippen molar-refractivity contribution in [1.29, 1.82) is 0 Å². The van der Waals surface area contributed by atoms with E-state index in [-0.39, 0.29) is 30.1 Å². The molecule has 4 nitrogen and oxygen atoms in total. The number of aliphatic hydroxyl groups is 1. The largest absolute Gasteiger partial charge is 0.451 e. The lowest BCUT2D eigenvalue weighted by Crippen LogP contribution is -2.31. The van der Waals surface area contributed by atoms with Crippen molar-refractivity contribution in [2.24, 2.45) is 0 Å². The third kappa shape index (κ3) is 3.16. The van der Waals surface area contributed by atoms with Gasteiger partial charge in [0.2, 0.25) is 0 Å². The van der Waals surface area contributed by atoms with E-state index in [1.165, 1.54) is 24.3 Å². The standard InChI is InChI=1S/C19H18FNO3/c1-21(16(9-10-22)13-5-3-2-4-6-13)19(23)18-12-14-11-15(20)7-8-17(14)24-18/h2-8,11-12,16,22H,9-10H2,1H3. The minimum absolute atomic E-state index is 0.0392. The maximum atomic E-state index is 13.3. The van der Waals surface area contributed by atoms with Gasteiger partial charge in [0.15, 0.2) is 5.76 Å². The molecule has 3 aromatic rings. The van der Waals surface area contributed by atoms with Gasteiger partial charge in [-0.3, -0.25) is 4.79 Å². The summed E-state index contributed by atoms with van der Waals surface area (Å²) >= 11 is 0. The van der Waals surface area contributed by atoms with Crippen LogP contribution in [0, 0.1) is 5.82 Å². The molecule has 1 atom stereocenters. The molecular weight excluding hydrogens is 309 g/mol. The maximum absolute atomic E-state index is 13.3. The Labute approximate surface area is 139 Å². The fraction of sp³-hybridized carbons (Fsp3) is 0.211. The van der Waals surface area contributed by atoms with Crippen LogP contribution in [0.4, 0.5) is 4.39 Å². The minimum Gasteiger partial charge on any atom is -0.451 e. The molecule has 2 aromatic carbocycles. The van der Waals surface area contributed by atoms with Crippen LogP contribution in [-0.2, 0) is 0 Å². The predicted molar refractivity (Wildman–Crippen MR) is 89.2 cm³/mol. The molecule has 3 rings (SSSR count). The number of halogens is 1. The summed E-state index contributed by atoms with van der Waals surface area (Å²) in [6.07, 6.45) is 0.418. The smallest absolute Gasteiger partial charge is 0.289 e. The molecule has 0 bridgehead atoms. The average molecular weight is 327 g/mol. The van der Waals surface area contributed by atoms with E-state index in [4.69, 9.17) is 4.42 Å². The number of carbonyl (C=O) groups is 1. The zero-order valence-corrected chi connectivity index (χ0v) is 13.3. The minimum atomic E-state index is -0.377. The summed E-state index contributed by atoms with van der Waals surface area (Å²) in [5.41, 5.74) is 1.40. The number of hydrogen-bond donors (Lipinski definition) is 1. The molecule has 124 valence electrons. The second-order valence-corrected chi connectivity index (χ2v) is 5.65. The number of fused-ring (bicyclic) bond motifs is 1. The van der Waals surface area contributed by atoms with Gasteiger partial charge in [-0.2, -0.15) is 0 Å². The average Bonchev–Trinajstić information content (AvgIpc) is 3.02. The Hall–Kier alpha value is -2.66. The van der Waals surface area contributed by atoms with Crippen LogP contribution < -0.4 is 0 Å². The molecule has 0 aliphatic heterocycles. The normalized spacial score (nSPS) is 12.3. The van der Waals surface area contributed by atoms with Crippen LogP contribution in [-0.4, -0.2) is 29.6 Å². The summed E-state index contributed by atoms with van der Waals surface area (Å²) in [4.78, 5) is 14.3. The lowest BCUT2D eigenvalue weighted by Gasteiger charge is -2.27. The van der Waals surface area contributed by atoms with Crippen LogP contribution in [0.2, 0.25) is 0 Å². The second kappa shape index (κ2) is 6.84. The van der Waals surface area contributed by atoms with E-state index in [2.05, 4.69) is 0 Å². The zero-order chi connectivity index (χ0) is 17.1. The van der Waals surface area contributed by atoms with Gasteiger partial charge in [-0.05, 0) is 36.2 Å². The van der Waals surface area contributed by atoms with Crippen molar-refractivity contribution in [2.75, 3.05) is 13.7 Å². The first-order valence-electron chi connectivity index (χ1n) is 7.72. The highest BCUT2D eigenvalue weighted by atomic mass is 19.1. The molecule has 0 aliphatic rings. The van der Waals surface area contributed by atoms with Crippen LogP contribution in [0.3, 0.4) is 0 Å². The summed E-state index contributed by atoms with van der Waals surface area (Å²) in [6.45, 7) is -0.0392. The molecule has 0 fully saturated rings. The Morgan fingerprint density at radius 1 is 1.21 bits per heavy atom. The van der Waals surface area contributed by atoms with Gasteiger partial charge in [0.25, 0.3) is 5.91 Å². The highest BCUT2D eigenvalue weighted by molar-refractivity contribution is 5.96. The third-order valence-corrected chi connectivity index (χ3v) is 4.06. The Morgan fingerprint density at radius 2 is 1.96 bits per heavy atom. The van der Waals surface area contributed by atoms with Crippen molar-refractivity contribution in [2.45, 2.75) is 12.5 Å². The van der Waals surface area contributed by atoms with Crippen molar-refractivity contribution in [3.8, 4) is 0 Å². The highest BCUT2D eigenvalue weighted by Crippen LogP contribution is 2.27. The summed E-state index contributed by atoms with van der Waals surface area (Å²) < 4.78 is 18.8. The van der Waals surface area contributed by atoms with E-state index in [0.29, 0.717) is 17.4 Å². The quantitative estimate of drug-likeness (QED) is 0.776. The van der Waals surface area contributed by atoms with Crippen molar-refractivity contribution < 1.29 is 18.7 Å². The van der Waals surface area contributed by atoms with Crippen molar-refractivity contribution in [1.82, 2.24) is 4.90 Å². The number of benzene rings is 2. The predicted octanol–water partition coefficient (Wildman–Crippen LogP) is 3.77. The molecule has 24 heavy (non-hydrogen) atoms. The van der Waals surface area contributed by atoms with Gasteiger partial charge in [0.1, 0.15) is 11.4 Å². The highest BCUT2D eigenvalue weighted by Gasteiger charge is 2.24. The molecule has 1 heterocycles. The van der Waals surface area contributed by atoms with E-state index in [1.54, 1.807) is 11.9 Å². The lowest BCUT2D eigenvalue weighted by molar-refractivity contribution is 0.0675. The topological polar surface area (TPSA) is 53.7 Å². The Morgan fingerprint density at radius 3 is 2.67 bits per heavy atom. The lowest BCUT2D eigenvalue weighted by atomic mass is 10.0. The second-order valence-electron chi connectivity index (χ2n) is 5.65. The molecule has 1 unspecified atom stereocenters. The number of nitrogens with zero attached hydrogens (tertiary/aromatic N) is 1. The van der Waals surface area contributed by atoms with E-state index >= 15 is 0 Å². The molecule has 0 spiro atoms. The molecule has 1 amide bonds. The van der Waals surface area contributed by atoms with E-state index < -0.39 is 0 Å². The molecule has 0 radical (unpaired) electrons. The maximum Gasteiger partial charge on any atom is 0.289 e. The number of aliphatic hydroxyl groups excluding tert-OH is 1. The van der Waals surface area contributed by atoms with Crippen LogP contribution in [0.15, 0.2) is 59.0 Å². The summed E-state index contributed by atoms with van der Waals surface area (Å²) in [6, 6.07) is 14.9. The fourth-order valence-corrected chi connectivity index (χ4v) is 2.82. The Balaban J connectivity index is 1.90. The molecule has 1 aromatic heterocycles. The van der Waals surface area contributed by atoms with Gasteiger partial charge in [0.05, 0.1) is 6.04 Å². The van der Waals surface area contributed by atoms with Crippen molar-refractivity contribution in [3.05, 3.63) is 71.7 Å². The monoisotopic (exact) mass is 327 g/mol.